The Bertz CT molecular complexity index is 617. The normalized spacial score (nSPS) is 10.1. The van der Waals surface area contributed by atoms with Crippen LogP contribution in [0.1, 0.15) is 5.69 Å². The van der Waals surface area contributed by atoms with Crippen molar-refractivity contribution in [1.82, 2.24) is 9.59 Å². The predicted octanol–water partition coefficient (Wildman–Crippen LogP) is 1.32. The fraction of sp³-hybridized carbons (Fsp3) is 0.200. The van der Waals surface area contributed by atoms with E-state index in [1.807, 2.05) is 0 Å². The summed E-state index contributed by atoms with van der Waals surface area (Å²) in [5.41, 5.74) is 2.92. The van der Waals surface area contributed by atoms with E-state index in [4.69, 9.17) is 15.3 Å². The molecule has 0 saturated carbocycles. The minimum absolute atomic E-state index is 0.0751. The van der Waals surface area contributed by atoms with E-state index in [0.29, 0.717) is 16.4 Å². The number of nitrogens with two attached hydrogens (primary N) is 1. The highest BCUT2D eigenvalue weighted by Crippen LogP contribution is 2.32. The summed E-state index contributed by atoms with van der Waals surface area (Å²) in [5, 5.41) is 15.1. The highest BCUT2D eigenvalue weighted by atomic mass is 32.1. The van der Waals surface area contributed by atoms with Crippen LogP contribution in [0.4, 0.5) is 10.7 Å². The van der Waals surface area contributed by atoms with Crippen LogP contribution < -0.4 is 20.7 Å². The Morgan fingerprint density at radius 2 is 2.30 bits per heavy atom. The number of aromatic nitrogens is 2. The molecule has 1 aromatic carbocycles. The van der Waals surface area contributed by atoms with Crippen molar-refractivity contribution in [2.45, 2.75) is 6.61 Å². The third-order valence-corrected chi connectivity index (χ3v) is 3.11. The number of nitro groups is 1. The van der Waals surface area contributed by atoms with E-state index >= 15 is 0 Å². The van der Waals surface area contributed by atoms with E-state index in [1.54, 1.807) is 0 Å². The first-order valence-electron chi connectivity index (χ1n) is 5.38. The number of nitrogens with one attached hydrogen (secondary N) is 1. The first kappa shape index (κ1) is 14.0. The van der Waals surface area contributed by atoms with Gasteiger partial charge in [0.25, 0.3) is 5.69 Å². The number of rotatable bonds is 6. The minimum Gasteiger partial charge on any atom is -0.493 e. The lowest BCUT2D eigenvalue weighted by Crippen LogP contribution is -2.08. The molecule has 2 aromatic rings. The van der Waals surface area contributed by atoms with Crippen LogP contribution in [-0.4, -0.2) is 21.6 Å². The molecule has 9 nitrogen and oxygen atoms in total. The van der Waals surface area contributed by atoms with Gasteiger partial charge in [0.1, 0.15) is 12.3 Å². The topological polar surface area (TPSA) is 125 Å². The van der Waals surface area contributed by atoms with Gasteiger partial charge in [-0.05, 0) is 6.07 Å². The van der Waals surface area contributed by atoms with Crippen molar-refractivity contribution in [3.63, 3.8) is 0 Å². The molecule has 106 valence electrons. The highest BCUT2D eigenvalue weighted by Gasteiger charge is 2.14. The maximum absolute atomic E-state index is 10.7. The summed E-state index contributed by atoms with van der Waals surface area (Å²) in [7, 11) is 1.41. The quantitative estimate of drug-likeness (QED) is 0.464. The number of hydrazine groups is 1. The second-order valence-corrected chi connectivity index (χ2v) is 4.33. The number of nitrogens with zero attached hydrogens (tertiary/aromatic N) is 3. The smallest absolute Gasteiger partial charge is 0.273 e. The Labute approximate surface area is 117 Å². The van der Waals surface area contributed by atoms with Crippen molar-refractivity contribution in [2.24, 2.45) is 5.84 Å². The number of hydrogen-bond donors (Lipinski definition) is 2. The number of non-ortho nitro benzene ring substituents is 1. The highest BCUT2D eigenvalue weighted by molar-refractivity contribution is 7.10. The Morgan fingerprint density at radius 3 is 2.95 bits per heavy atom. The lowest BCUT2D eigenvalue weighted by atomic mass is 10.3. The van der Waals surface area contributed by atoms with Crippen LogP contribution in [0.3, 0.4) is 0 Å². The molecular formula is C10H11N5O4S. The van der Waals surface area contributed by atoms with Gasteiger partial charge in [-0.25, -0.2) is 5.84 Å². The summed E-state index contributed by atoms with van der Waals surface area (Å²) in [5.74, 6) is 5.94. The average Bonchev–Trinajstić information content (AvgIpc) is 2.92. The van der Waals surface area contributed by atoms with Crippen LogP contribution in [0, 0.1) is 10.1 Å². The third-order valence-electron chi connectivity index (χ3n) is 2.41. The molecule has 0 aliphatic rings. The second-order valence-electron chi connectivity index (χ2n) is 3.57. The number of nitro benzene ring substituents is 1. The van der Waals surface area contributed by atoms with Gasteiger partial charge in [0.2, 0.25) is 0 Å². The molecule has 0 aliphatic heterocycles. The fourth-order valence-electron chi connectivity index (χ4n) is 1.45. The molecule has 0 saturated heterocycles. The van der Waals surface area contributed by atoms with E-state index < -0.39 is 4.92 Å². The van der Waals surface area contributed by atoms with Gasteiger partial charge in [0.15, 0.2) is 16.5 Å². The van der Waals surface area contributed by atoms with E-state index in [1.165, 1.54) is 25.3 Å². The van der Waals surface area contributed by atoms with Gasteiger partial charge in [-0.15, -0.1) is 5.10 Å². The van der Waals surface area contributed by atoms with Gasteiger partial charge < -0.3 is 14.9 Å². The van der Waals surface area contributed by atoms with Crippen LogP contribution in [0.5, 0.6) is 11.5 Å². The molecule has 0 aliphatic carbocycles. The van der Waals surface area contributed by atoms with Crippen LogP contribution >= 0.6 is 11.5 Å². The fourth-order valence-corrected chi connectivity index (χ4v) is 1.93. The number of benzene rings is 1. The molecule has 0 atom stereocenters. The van der Waals surface area contributed by atoms with Crippen molar-refractivity contribution < 1.29 is 14.4 Å². The molecule has 0 bridgehead atoms. The van der Waals surface area contributed by atoms with Crippen molar-refractivity contribution in [3.8, 4) is 11.5 Å². The predicted molar refractivity (Wildman–Crippen MR) is 71.7 cm³/mol. The van der Waals surface area contributed by atoms with E-state index in [-0.39, 0.29) is 18.0 Å². The number of anilines is 1. The molecule has 10 heteroatoms. The van der Waals surface area contributed by atoms with Crippen LogP contribution in [0.15, 0.2) is 18.2 Å². The molecule has 0 amide bonds. The number of hydrogen-bond acceptors (Lipinski definition) is 9. The molecule has 20 heavy (non-hydrogen) atoms. The summed E-state index contributed by atoms with van der Waals surface area (Å²) in [6.45, 7) is 0.115. The lowest BCUT2D eigenvalue weighted by molar-refractivity contribution is -0.385. The number of methoxy groups -OCH3 is 1. The summed E-state index contributed by atoms with van der Waals surface area (Å²) in [6.07, 6.45) is 0. The van der Waals surface area contributed by atoms with Gasteiger partial charge in [0.05, 0.1) is 18.1 Å². The van der Waals surface area contributed by atoms with Crippen molar-refractivity contribution >= 4 is 22.2 Å². The first-order valence-corrected chi connectivity index (χ1v) is 6.16. The van der Waals surface area contributed by atoms with Gasteiger partial charge in [0, 0.05) is 17.6 Å². The van der Waals surface area contributed by atoms with E-state index in [0.717, 1.165) is 11.5 Å². The molecule has 3 N–H and O–H groups in total. The zero-order chi connectivity index (χ0) is 14.5. The van der Waals surface area contributed by atoms with Crippen LogP contribution in [0.25, 0.3) is 0 Å². The minimum atomic E-state index is -0.507. The Morgan fingerprint density at radius 1 is 1.50 bits per heavy atom. The van der Waals surface area contributed by atoms with Crippen molar-refractivity contribution in [1.29, 1.82) is 0 Å². The maximum atomic E-state index is 10.7. The van der Waals surface area contributed by atoms with Gasteiger partial charge in [-0.2, -0.15) is 0 Å². The third kappa shape index (κ3) is 2.92. The zero-order valence-electron chi connectivity index (χ0n) is 10.4. The first-order chi connectivity index (χ1) is 9.65. The van der Waals surface area contributed by atoms with E-state index in [9.17, 15) is 10.1 Å². The monoisotopic (exact) mass is 297 g/mol. The summed E-state index contributed by atoms with van der Waals surface area (Å²) in [6, 6.07) is 4.09. The molecule has 2 rings (SSSR count). The van der Waals surface area contributed by atoms with Gasteiger partial charge in [-0.1, -0.05) is 4.49 Å². The molecule has 0 unspecified atom stereocenters. The Balaban J connectivity index is 2.15. The SMILES string of the molecule is COc1cc([N+](=O)[O-])ccc1OCc1nnsc1NN. The standard InChI is InChI=1S/C10H11N5O4S/c1-18-9-4-6(15(16)17)2-3-8(9)19-5-7-10(12-11)20-14-13-7/h2-4,12H,5,11H2,1H3. The maximum Gasteiger partial charge on any atom is 0.273 e. The number of ether oxygens (including phenoxy) is 2. The molecule has 0 fully saturated rings. The average molecular weight is 297 g/mol. The largest absolute Gasteiger partial charge is 0.493 e. The van der Waals surface area contributed by atoms with Gasteiger partial charge in [-0.3, -0.25) is 10.1 Å². The van der Waals surface area contributed by atoms with E-state index in [2.05, 4.69) is 15.0 Å². The van der Waals surface area contributed by atoms with Crippen LogP contribution in [0.2, 0.25) is 0 Å². The molecule has 1 heterocycles. The summed E-state index contributed by atoms with van der Waals surface area (Å²) >= 11 is 1.10. The summed E-state index contributed by atoms with van der Waals surface area (Å²) in [4.78, 5) is 10.2. The van der Waals surface area contributed by atoms with Crippen molar-refractivity contribution in [2.75, 3.05) is 12.5 Å². The molecule has 0 spiro atoms. The summed E-state index contributed by atoms with van der Waals surface area (Å²) < 4.78 is 14.3. The van der Waals surface area contributed by atoms with Crippen LogP contribution in [-0.2, 0) is 6.61 Å². The Hall–Kier alpha value is -2.46. The van der Waals surface area contributed by atoms with Gasteiger partial charge >= 0.3 is 0 Å². The molecular weight excluding hydrogens is 286 g/mol. The zero-order valence-corrected chi connectivity index (χ0v) is 11.2. The Kier molecular flexibility index (Phi) is 4.27. The van der Waals surface area contributed by atoms with Crippen molar-refractivity contribution in [3.05, 3.63) is 34.0 Å². The lowest BCUT2D eigenvalue weighted by Gasteiger charge is -2.09. The molecule has 1 aromatic heterocycles. The number of nitrogen functional groups attached to an aromatic ring is 1. The molecule has 0 radical (unpaired) electrons. The second kappa shape index (κ2) is 6.12.